The molecular formula is C25H25Cl2NO2. The van der Waals surface area contributed by atoms with E-state index >= 15 is 0 Å². The molecule has 0 fully saturated rings. The number of halogens is 2. The van der Waals surface area contributed by atoms with Crippen molar-refractivity contribution in [3.8, 4) is 0 Å². The highest BCUT2D eigenvalue weighted by atomic mass is 35.5. The van der Waals surface area contributed by atoms with Crippen LogP contribution in [-0.2, 0) is 15.0 Å². The second-order valence-electron chi connectivity index (χ2n) is 9.27. The molecule has 1 amide bonds. The van der Waals surface area contributed by atoms with E-state index in [1.54, 1.807) is 6.07 Å². The minimum absolute atomic E-state index is 0.0201. The van der Waals surface area contributed by atoms with Crippen LogP contribution in [0.4, 0.5) is 0 Å². The summed E-state index contributed by atoms with van der Waals surface area (Å²) >= 11 is 12.2. The number of benzene rings is 2. The lowest BCUT2D eigenvalue weighted by Gasteiger charge is -2.34. The quantitative estimate of drug-likeness (QED) is 0.594. The van der Waals surface area contributed by atoms with Crippen molar-refractivity contribution >= 4 is 34.9 Å². The summed E-state index contributed by atoms with van der Waals surface area (Å²) in [5.74, 6) is -0.156. The first-order valence-electron chi connectivity index (χ1n) is 10.2. The van der Waals surface area contributed by atoms with Crippen LogP contribution in [0.2, 0.25) is 10.0 Å². The highest BCUT2D eigenvalue weighted by Gasteiger charge is 2.38. The number of ketones is 1. The zero-order valence-electron chi connectivity index (χ0n) is 17.4. The summed E-state index contributed by atoms with van der Waals surface area (Å²) in [6.07, 6.45) is 1.32. The molecule has 0 saturated carbocycles. The molecule has 5 heteroatoms. The Morgan fingerprint density at radius 1 is 0.867 bits per heavy atom. The fourth-order valence-electron chi connectivity index (χ4n) is 4.46. The molecule has 0 aromatic heterocycles. The predicted molar refractivity (Wildman–Crippen MR) is 121 cm³/mol. The molecule has 30 heavy (non-hydrogen) atoms. The van der Waals surface area contributed by atoms with Crippen LogP contribution in [0.15, 0.2) is 53.7 Å². The van der Waals surface area contributed by atoms with Gasteiger partial charge in [-0.05, 0) is 46.6 Å². The Morgan fingerprint density at radius 3 is 2.17 bits per heavy atom. The number of carbonyl (C=O) groups is 2. The fourth-order valence-corrected chi connectivity index (χ4v) is 4.77. The van der Waals surface area contributed by atoms with Crippen molar-refractivity contribution < 1.29 is 9.59 Å². The molecule has 3 nitrogen and oxygen atoms in total. The largest absolute Gasteiger partial charge is 0.329 e. The number of nitrogens with one attached hydrogen (secondary N) is 1. The van der Waals surface area contributed by atoms with Crippen LogP contribution < -0.4 is 5.32 Å². The third kappa shape index (κ3) is 4.06. The van der Waals surface area contributed by atoms with E-state index in [0.29, 0.717) is 29.3 Å². The zero-order chi connectivity index (χ0) is 21.6. The van der Waals surface area contributed by atoms with Crippen LogP contribution in [-0.4, -0.2) is 11.7 Å². The lowest BCUT2D eigenvalue weighted by Crippen LogP contribution is -2.38. The van der Waals surface area contributed by atoms with Gasteiger partial charge in [-0.1, -0.05) is 74.3 Å². The Kier molecular flexibility index (Phi) is 5.54. The number of hydrogen-bond donors (Lipinski definition) is 1. The topological polar surface area (TPSA) is 46.2 Å². The smallest absolute Gasteiger partial charge is 0.225 e. The van der Waals surface area contributed by atoms with Crippen molar-refractivity contribution in [1.29, 1.82) is 0 Å². The second kappa shape index (κ2) is 7.86. The van der Waals surface area contributed by atoms with Crippen molar-refractivity contribution in [2.45, 2.75) is 57.3 Å². The molecule has 0 bridgehead atoms. The summed E-state index contributed by atoms with van der Waals surface area (Å²) in [4.78, 5) is 25.7. The third-order valence-corrected chi connectivity index (χ3v) is 6.87. The van der Waals surface area contributed by atoms with Gasteiger partial charge in [-0.3, -0.25) is 9.59 Å². The molecule has 2 aliphatic rings. The Morgan fingerprint density at radius 2 is 1.53 bits per heavy atom. The number of Topliss-reactive ketones (excluding diaryl/α,β-unsaturated/α-hetero) is 1. The van der Waals surface area contributed by atoms with Gasteiger partial charge in [0.1, 0.15) is 0 Å². The van der Waals surface area contributed by atoms with Crippen molar-refractivity contribution in [3.63, 3.8) is 0 Å². The normalized spacial score (nSPS) is 22.0. The number of hydrogen-bond acceptors (Lipinski definition) is 2. The Hall–Kier alpha value is -2.10. The van der Waals surface area contributed by atoms with Gasteiger partial charge in [0.2, 0.25) is 5.91 Å². The predicted octanol–water partition coefficient (Wildman–Crippen LogP) is 6.30. The fraction of sp³-hybridized carbons (Fsp3) is 0.360. The van der Waals surface area contributed by atoms with Gasteiger partial charge < -0.3 is 5.32 Å². The van der Waals surface area contributed by atoms with Crippen LogP contribution in [0.3, 0.4) is 0 Å². The Balaban J connectivity index is 1.68. The van der Waals surface area contributed by atoms with Gasteiger partial charge in [0.25, 0.3) is 0 Å². The van der Waals surface area contributed by atoms with Gasteiger partial charge in [-0.2, -0.15) is 0 Å². The summed E-state index contributed by atoms with van der Waals surface area (Å²) < 4.78 is 0. The van der Waals surface area contributed by atoms with E-state index in [9.17, 15) is 9.59 Å². The van der Waals surface area contributed by atoms with Crippen molar-refractivity contribution in [2.24, 2.45) is 0 Å². The summed E-state index contributed by atoms with van der Waals surface area (Å²) in [6, 6.07) is 13.8. The molecule has 1 heterocycles. The highest BCUT2D eigenvalue weighted by Crippen LogP contribution is 2.43. The molecule has 2 aromatic carbocycles. The molecule has 1 N–H and O–H groups in total. The molecule has 1 aliphatic carbocycles. The van der Waals surface area contributed by atoms with Gasteiger partial charge in [-0.25, -0.2) is 0 Å². The number of amides is 1. The zero-order valence-corrected chi connectivity index (χ0v) is 18.9. The molecule has 1 aliphatic heterocycles. The van der Waals surface area contributed by atoms with Crippen LogP contribution in [0.1, 0.15) is 68.6 Å². The van der Waals surface area contributed by atoms with Gasteiger partial charge >= 0.3 is 0 Å². The average Bonchev–Trinajstić information content (AvgIpc) is 2.68. The van der Waals surface area contributed by atoms with Crippen molar-refractivity contribution in [1.82, 2.24) is 5.32 Å². The van der Waals surface area contributed by atoms with E-state index in [0.717, 1.165) is 22.4 Å². The summed E-state index contributed by atoms with van der Waals surface area (Å²) in [7, 11) is 0. The van der Waals surface area contributed by atoms with E-state index in [1.807, 2.05) is 12.1 Å². The lowest BCUT2D eigenvalue weighted by molar-refractivity contribution is -0.122. The molecular weight excluding hydrogens is 417 g/mol. The molecule has 4 rings (SSSR count). The maximum Gasteiger partial charge on any atom is 0.225 e. The molecule has 156 valence electrons. The number of rotatable bonds is 2. The standard InChI is InChI=1S/C25H25Cl2NO2/c1-25(2,3)17-7-4-14(5-8-17)18-13-23(30)28-21-11-16(12-22(29)24(18)21)15-6-9-19(26)20(27)10-15/h4-10,16,18H,11-13H2,1-3H3,(H,28,30). The van der Waals surface area contributed by atoms with Gasteiger partial charge in [0, 0.05) is 30.0 Å². The Bertz CT molecular complexity index is 1050. The van der Waals surface area contributed by atoms with E-state index < -0.39 is 0 Å². The first-order valence-corrected chi connectivity index (χ1v) is 11.0. The van der Waals surface area contributed by atoms with Crippen LogP contribution in [0.25, 0.3) is 0 Å². The molecule has 2 aromatic rings. The molecule has 0 radical (unpaired) electrons. The highest BCUT2D eigenvalue weighted by molar-refractivity contribution is 6.42. The summed E-state index contributed by atoms with van der Waals surface area (Å²) in [5, 5.41) is 3.94. The first-order chi connectivity index (χ1) is 14.1. The van der Waals surface area contributed by atoms with Gasteiger partial charge in [-0.15, -0.1) is 0 Å². The van der Waals surface area contributed by atoms with Crippen LogP contribution in [0.5, 0.6) is 0 Å². The summed E-state index contributed by atoms with van der Waals surface area (Å²) in [5.41, 5.74) is 4.79. The van der Waals surface area contributed by atoms with Crippen LogP contribution in [0, 0.1) is 0 Å². The van der Waals surface area contributed by atoms with Crippen molar-refractivity contribution in [3.05, 3.63) is 80.5 Å². The molecule has 0 saturated heterocycles. The van der Waals surface area contributed by atoms with Gasteiger partial charge in [0.05, 0.1) is 10.0 Å². The van der Waals surface area contributed by atoms with Crippen molar-refractivity contribution in [2.75, 3.05) is 0 Å². The second-order valence-corrected chi connectivity index (χ2v) is 10.1. The van der Waals surface area contributed by atoms with E-state index in [1.165, 1.54) is 5.56 Å². The Labute approximate surface area is 187 Å². The van der Waals surface area contributed by atoms with E-state index in [4.69, 9.17) is 23.2 Å². The van der Waals surface area contributed by atoms with Gasteiger partial charge in [0.15, 0.2) is 5.78 Å². The SMILES string of the molecule is CC(C)(C)c1ccc(C2CC(=O)NC3=C2C(=O)CC(c2ccc(Cl)c(Cl)c2)C3)cc1. The molecule has 2 atom stereocenters. The minimum atomic E-state index is -0.190. The maximum absolute atomic E-state index is 13.2. The summed E-state index contributed by atoms with van der Waals surface area (Å²) in [6.45, 7) is 6.51. The lowest BCUT2D eigenvalue weighted by atomic mass is 9.73. The molecule has 2 unspecified atom stereocenters. The first kappa shape index (κ1) is 21.1. The van der Waals surface area contributed by atoms with E-state index in [2.05, 4.69) is 50.4 Å². The molecule has 0 spiro atoms. The van der Waals surface area contributed by atoms with Crippen LogP contribution >= 0.6 is 23.2 Å². The minimum Gasteiger partial charge on any atom is -0.329 e. The number of carbonyl (C=O) groups excluding carboxylic acids is 2. The number of allylic oxidation sites excluding steroid dienone is 2. The van der Waals surface area contributed by atoms with E-state index in [-0.39, 0.29) is 28.9 Å². The monoisotopic (exact) mass is 441 g/mol. The third-order valence-electron chi connectivity index (χ3n) is 6.13. The average molecular weight is 442 g/mol. The maximum atomic E-state index is 13.2.